The van der Waals surface area contributed by atoms with Crippen LogP contribution >= 0.6 is 0 Å². The third-order valence-corrected chi connectivity index (χ3v) is 6.54. The van der Waals surface area contributed by atoms with Gasteiger partial charge in [0.05, 0.1) is 30.3 Å². The Kier molecular flexibility index (Phi) is 5.99. The van der Waals surface area contributed by atoms with E-state index in [4.69, 9.17) is 13.9 Å². The maximum absolute atomic E-state index is 13.5. The van der Waals surface area contributed by atoms with Crippen LogP contribution in [0.5, 0.6) is 5.75 Å². The van der Waals surface area contributed by atoms with Crippen molar-refractivity contribution in [2.24, 2.45) is 0 Å². The number of carbonyl (C=O) groups excluding carboxylic acids is 2. The van der Waals surface area contributed by atoms with Crippen LogP contribution in [0.4, 0.5) is 0 Å². The van der Waals surface area contributed by atoms with Crippen molar-refractivity contribution in [1.29, 1.82) is 0 Å². The van der Waals surface area contributed by atoms with E-state index in [1.807, 2.05) is 12.1 Å². The van der Waals surface area contributed by atoms with Crippen molar-refractivity contribution in [3.05, 3.63) is 98.7 Å². The molecule has 0 radical (unpaired) electrons. The quantitative estimate of drug-likeness (QED) is 0.547. The van der Waals surface area contributed by atoms with Gasteiger partial charge in [-0.1, -0.05) is 24.3 Å². The number of ether oxygens (including phenoxy) is 2. The number of fused-ring (bicyclic) bond motifs is 1. The van der Waals surface area contributed by atoms with Gasteiger partial charge < -0.3 is 19.2 Å². The molecule has 2 heterocycles. The first-order chi connectivity index (χ1) is 17.0. The smallest absolute Gasteiger partial charge is 0.337 e. The van der Waals surface area contributed by atoms with Crippen molar-refractivity contribution in [2.45, 2.75) is 38.7 Å². The molecule has 0 saturated carbocycles. The van der Waals surface area contributed by atoms with Crippen LogP contribution in [0.1, 0.15) is 43.2 Å². The van der Waals surface area contributed by atoms with E-state index in [-0.39, 0.29) is 29.0 Å². The molecule has 0 spiro atoms. The van der Waals surface area contributed by atoms with Crippen LogP contribution in [0.3, 0.4) is 0 Å². The van der Waals surface area contributed by atoms with E-state index in [0.717, 1.165) is 11.3 Å². The minimum absolute atomic E-state index is 0.0402. The maximum atomic E-state index is 13.5. The third kappa shape index (κ3) is 4.14. The highest BCUT2D eigenvalue weighted by atomic mass is 16.5. The summed E-state index contributed by atoms with van der Waals surface area (Å²) in [4.78, 5) is 40.0. The second-order valence-corrected chi connectivity index (χ2v) is 8.71. The van der Waals surface area contributed by atoms with Crippen LogP contribution in [-0.4, -0.2) is 18.9 Å². The number of ketones is 1. The average Bonchev–Trinajstić information content (AvgIpc) is 2.87. The summed E-state index contributed by atoms with van der Waals surface area (Å²) in [5.74, 6) is -0.825. The van der Waals surface area contributed by atoms with Gasteiger partial charge in [-0.3, -0.25) is 9.59 Å². The molecule has 1 aromatic heterocycles. The lowest BCUT2D eigenvalue weighted by molar-refractivity contribution is -0.140. The van der Waals surface area contributed by atoms with Crippen molar-refractivity contribution in [3.63, 3.8) is 0 Å². The molecule has 178 valence electrons. The van der Waals surface area contributed by atoms with Crippen molar-refractivity contribution in [1.82, 2.24) is 5.32 Å². The molecule has 2 aromatic carbocycles. The monoisotopic (exact) mass is 471 g/mol. The number of esters is 1. The van der Waals surface area contributed by atoms with Crippen LogP contribution in [0.25, 0.3) is 11.0 Å². The van der Waals surface area contributed by atoms with E-state index in [2.05, 4.69) is 5.32 Å². The Hall–Kier alpha value is -4.13. The van der Waals surface area contributed by atoms with Gasteiger partial charge in [-0.05, 0) is 49.6 Å². The summed E-state index contributed by atoms with van der Waals surface area (Å²) in [5, 5.41) is 3.64. The molecule has 7 heteroatoms. The van der Waals surface area contributed by atoms with Crippen molar-refractivity contribution in [3.8, 4) is 5.75 Å². The van der Waals surface area contributed by atoms with Gasteiger partial charge in [-0.2, -0.15) is 0 Å². The Labute approximate surface area is 202 Å². The highest BCUT2D eigenvalue weighted by Crippen LogP contribution is 2.42. The molecule has 0 saturated heterocycles. The van der Waals surface area contributed by atoms with Gasteiger partial charge in [0.1, 0.15) is 17.9 Å². The molecule has 2 aliphatic rings. The zero-order chi connectivity index (χ0) is 24.5. The minimum Gasteiger partial charge on any atom is -0.497 e. The largest absolute Gasteiger partial charge is 0.497 e. The van der Waals surface area contributed by atoms with Crippen LogP contribution in [0.15, 0.2) is 86.5 Å². The molecule has 0 unspecified atom stereocenters. The molecule has 5 rings (SSSR count). The van der Waals surface area contributed by atoms with Gasteiger partial charge in [-0.15, -0.1) is 0 Å². The molecule has 3 aromatic rings. The Morgan fingerprint density at radius 2 is 1.86 bits per heavy atom. The van der Waals surface area contributed by atoms with E-state index in [0.29, 0.717) is 47.3 Å². The second-order valence-electron chi connectivity index (χ2n) is 8.71. The summed E-state index contributed by atoms with van der Waals surface area (Å²) in [5.41, 5.74) is 3.23. The first kappa shape index (κ1) is 22.7. The molecule has 1 aliphatic heterocycles. The molecule has 0 bridgehead atoms. The fraction of sp³-hybridized carbons (Fsp3) is 0.250. The molecule has 1 aliphatic carbocycles. The van der Waals surface area contributed by atoms with Gasteiger partial charge in [0.2, 0.25) is 0 Å². The van der Waals surface area contributed by atoms with Gasteiger partial charge in [0.15, 0.2) is 11.2 Å². The SMILES string of the molecule is COc1ccc(COC(=O)C2=C(C)NC3=C(C(=O)CCC3)[C@@H]2c2coc3ccccc3c2=O)cc1. The van der Waals surface area contributed by atoms with Crippen molar-refractivity contribution >= 4 is 22.7 Å². The minimum atomic E-state index is -0.858. The molecule has 0 amide bonds. The predicted octanol–water partition coefficient (Wildman–Crippen LogP) is 4.51. The molecular weight excluding hydrogens is 446 g/mol. The number of hydrogen-bond acceptors (Lipinski definition) is 7. The summed E-state index contributed by atoms with van der Waals surface area (Å²) in [6.07, 6.45) is 3.12. The molecule has 1 atom stereocenters. The molecule has 7 nitrogen and oxygen atoms in total. The predicted molar refractivity (Wildman–Crippen MR) is 130 cm³/mol. The molecule has 1 N–H and O–H groups in total. The normalized spacial score (nSPS) is 17.8. The summed E-state index contributed by atoms with van der Waals surface area (Å²) in [7, 11) is 1.58. The molecular formula is C28H25NO6. The summed E-state index contributed by atoms with van der Waals surface area (Å²) < 4.78 is 16.6. The highest BCUT2D eigenvalue weighted by Gasteiger charge is 2.40. The fourth-order valence-corrected chi connectivity index (χ4v) is 4.81. The maximum Gasteiger partial charge on any atom is 0.337 e. The van der Waals surface area contributed by atoms with Gasteiger partial charge in [0, 0.05) is 29.0 Å². The van der Waals surface area contributed by atoms with Crippen LogP contribution in [0.2, 0.25) is 0 Å². The van der Waals surface area contributed by atoms with E-state index in [1.54, 1.807) is 50.4 Å². The summed E-state index contributed by atoms with van der Waals surface area (Å²) >= 11 is 0. The number of para-hydroxylation sites is 1. The van der Waals surface area contributed by atoms with E-state index < -0.39 is 11.9 Å². The Morgan fingerprint density at radius 1 is 1.09 bits per heavy atom. The fourth-order valence-electron chi connectivity index (χ4n) is 4.81. The standard InChI is InChI=1S/C28H25NO6/c1-16-24(28(32)35-14-17-10-12-18(33-2)13-11-17)25(26-21(29-16)7-5-8-22(26)30)20-15-34-23-9-4-3-6-19(23)27(20)31/h3-4,6,9-13,15,25,29H,5,7-8,14H2,1-2H3/t25-/m1/s1. The third-order valence-electron chi connectivity index (χ3n) is 6.54. The van der Waals surface area contributed by atoms with Crippen LogP contribution in [0, 0.1) is 0 Å². The number of dihydropyridines is 1. The second kappa shape index (κ2) is 9.25. The van der Waals surface area contributed by atoms with Gasteiger partial charge >= 0.3 is 5.97 Å². The zero-order valence-corrected chi connectivity index (χ0v) is 19.6. The van der Waals surface area contributed by atoms with Gasteiger partial charge in [0.25, 0.3) is 0 Å². The van der Waals surface area contributed by atoms with Crippen molar-refractivity contribution < 1.29 is 23.5 Å². The Bertz CT molecular complexity index is 1440. The summed E-state index contributed by atoms with van der Waals surface area (Å²) in [6.45, 7) is 1.81. The molecule has 0 fully saturated rings. The van der Waals surface area contributed by atoms with E-state index in [1.165, 1.54) is 6.26 Å². The van der Waals surface area contributed by atoms with Crippen LogP contribution in [-0.2, 0) is 20.9 Å². The van der Waals surface area contributed by atoms with E-state index in [9.17, 15) is 14.4 Å². The lowest BCUT2D eigenvalue weighted by Gasteiger charge is -2.33. The lowest BCUT2D eigenvalue weighted by Crippen LogP contribution is -2.36. The number of Topliss-reactive ketones (excluding diaryl/α,β-unsaturated/α-hetero) is 1. The van der Waals surface area contributed by atoms with Crippen LogP contribution < -0.4 is 15.5 Å². The number of hydrogen-bond donors (Lipinski definition) is 1. The zero-order valence-electron chi connectivity index (χ0n) is 19.6. The Balaban J connectivity index is 1.56. The number of methoxy groups -OCH3 is 1. The van der Waals surface area contributed by atoms with Gasteiger partial charge in [-0.25, -0.2) is 4.79 Å². The summed E-state index contributed by atoms with van der Waals surface area (Å²) in [6, 6.07) is 14.1. The number of benzene rings is 2. The topological polar surface area (TPSA) is 94.8 Å². The highest BCUT2D eigenvalue weighted by molar-refractivity contribution is 6.04. The van der Waals surface area contributed by atoms with E-state index >= 15 is 0 Å². The van der Waals surface area contributed by atoms with Crippen molar-refractivity contribution in [2.75, 3.05) is 7.11 Å². The molecule has 35 heavy (non-hydrogen) atoms. The number of nitrogens with one attached hydrogen (secondary N) is 1. The first-order valence-electron chi connectivity index (χ1n) is 11.5. The lowest BCUT2D eigenvalue weighted by atomic mass is 9.75. The number of rotatable bonds is 5. The first-order valence-corrected chi connectivity index (χ1v) is 11.5. The number of allylic oxidation sites excluding steroid dienone is 3. The Morgan fingerprint density at radius 3 is 2.63 bits per heavy atom. The number of carbonyl (C=O) groups is 2. The average molecular weight is 472 g/mol.